The monoisotopic (exact) mass is 300 g/mol. The third-order valence-corrected chi connectivity index (χ3v) is 3.80. The quantitative estimate of drug-likeness (QED) is 0.764. The Morgan fingerprint density at radius 2 is 2.20 bits per heavy atom. The van der Waals surface area contributed by atoms with Crippen LogP contribution in [0.1, 0.15) is 10.4 Å². The Balaban J connectivity index is 2.55. The van der Waals surface area contributed by atoms with Gasteiger partial charge in [0.25, 0.3) is 5.91 Å². The van der Waals surface area contributed by atoms with E-state index in [1.807, 2.05) is 0 Å². The number of amides is 1. The highest BCUT2D eigenvalue weighted by atomic mass is 32.2. The van der Waals surface area contributed by atoms with Gasteiger partial charge in [0, 0.05) is 25.2 Å². The summed E-state index contributed by atoms with van der Waals surface area (Å²) < 4.78 is 37.0. The molecule has 0 saturated carbocycles. The molecule has 0 heterocycles. The van der Waals surface area contributed by atoms with Gasteiger partial charge in [0.15, 0.2) is 0 Å². The highest BCUT2D eigenvalue weighted by molar-refractivity contribution is 7.88. The number of carbonyl (C=O) groups is 1. The smallest absolute Gasteiger partial charge is 0.251 e. The van der Waals surface area contributed by atoms with E-state index in [9.17, 15) is 17.6 Å². The highest BCUT2D eigenvalue weighted by Gasteiger charge is 2.15. The molecule has 1 rings (SSSR count). The van der Waals surface area contributed by atoms with Crippen molar-refractivity contribution in [2.45, 2.75) is 0 Å². The minimum Gasteiger partial charge on any atom is -0.351 e. The van der Waals surface area contributed by atoms with Crippen molar-refractivity contribution in [1.82, 2.24) is 9.62 Å². The summed E-state index contributed by atoms with van der Waals surface area (Å²) in [5.41, 5.74) is 0.194. The molecule has 0 fully saturated rings. The summed E-state index contributed by atoms with van der Waals surface area (Å²) in [5, 5.41) is 2.54. The van der Waals surface area contributed by atoms with Gasteiger partial charge in [0.05, 0.1) is 6.26 Å². The van der Waals surface area contributed by atoms with Crippen LogP contribution >= 0.6 is 0 Å². The van der Waals surface area contributed by atoms with Crippen LogP contribution in [0.2, 0.25) is 0 Å². The summed E-state index contributed by atoms with van der Waals surface area (Å²) in [7, 11) is -3.35. The lowest BCUT2D eigenvalue weighted by Crippen LogP contribution is -2.38. The van der Waals surface area contributed by atoms with E-state index >= 15 is 0 Å². The normalized spacial score (nSPS) is 11.3. The standard InChI is InChI=1S/C13H17FN2O3S/c1-3-8-16(20(2,18)19)9-7-15-13(17)11-5-4-6-12(14)10-11/h3-6,10H,1,7-9H2,2H3,(H,15,17). The van der Waals surface area contributed by atoms with E-state index in [-0.39, 0.29) is 25.2 Å². The number of hydrogen-bond acceptors (Lipinski definition) is 3. The van der Waals surface area contributed by atoms with Crippen LogP contribution in [0.25, 0.3) is 0 Å². The second-order valence-corrected chi connectivity index (χ2v) is 6.16. The highest BCUT2D eigenvalue weighted by Crippen LogP contribution is 2.03. The molecule has 1 aromatic rings. The lowest BCUT2D eigenvalue weighted by Gasteiger charge is -2.18. The van der Waals surface area contributed by atoms with Gasteiger partial charge in [-0.05, 0) is 18.2 Å². The SMILES string of the molecule is C=CCN(CCNC(=O)c1cccc(F)c1)S(C)(=O)=O. The Labute approximate surface area is 118 Å². The van der Waals surface area contributed by atoms with Gasteiger partial charge in [-0.25, -0.2) is 12.8 Å². The second kappa shape index (κ2) is 7.16. The topological polar surface area (TPSA) is 66.5 Å². The van der Waals surface area contributed by atoms with Gasteiger partial charge < -0.3 is 5.32 Å². The fraction of sp³-hybridized carbons (Fsp3) is 0.308. The molecular formula is C13H17FN2O3S. The first-order valence-electron chi connectivity index (χ1n) is 5.94. The zero-order chi connectivity index (χ0) is 15.2. The first kappa shape index (κ1) is 16.3. The van der Waals surface area contributed by atoms with Gasteiger partial charge in [-0.3, -0.25) is 4.79 Å². The summed E-state index contributed by atoms with van der Waals surface area (Å²) in [6, 6.07) is 5.28. The van der Waals surface area contributed by atoms with E-state index in [0.29, 0.717) is 0 Å². The molecule has 1 amide bonds. The van der Waals surface area contributed by atoms with Crippen molar-refractivity contribution in [3.05, 3.63) is 48.3 Å². The van der Waals surface area contributed by atoms with Crippen molar-refractivity contribution in [3.8, 4) is 0 Å². The third kappa shape index (κ3) is 5.10. The van der Waals surface area contributed by atoms with Gasteiger partial charge in [-0.15, -0.1) is 6.58 Å². The number of hydrogen-bond donors (Lipinski definition) is 1. The molecule has 1 N–H and O–H groups in total. The van der Waals surface area contributed by atoms with Crippen molar-refractivity contribution in [2.24, 2.45) is 0 Å². The lowest BCUT2D eigenvalue weighted by atomic mass is 10.2. The van der Waals surface area contributed by atoms with E-state index in [0.717, 1.165) is 12.3 Å². The first-order chi connectivity index (χ1) is 9.34. The van der Waals surface area contributed by atoms with Crippen molar-refractivity contribution in [3.63, 3.8) is 0 Å². The Hall–Kier alpha value is -1.73. The average molecular weight is 300 g/mol. The number of sulfonamides is 1. The predicted molar refractivity (Wildman–Crippen MR) is 75.3 cm³/mol. The molecule has 5 nitrogen and oxygen atoms in total. The maximum absolute atomic E-state index is 13.0. The molecule has 0 aliphatic carbocycles. The van der Waals surface area contributed by atoms with Gasteiger partial charge >= 0.3 is 0 Å². The van der Waals surface area contributed by atoms with Crippen molar-refractivity contribution in [1.29, 1.82) is 0 Å². The number of halogens is 1. The van der Waals surface area contributed by atoms with Crippen LogP contribution in [0.4, 0.5) is 4.39 Å². The van der Waals surface area contributed by atoms with E-state index in [2.05, 4.69) is 11.9 Å². The molecule has 7 heteroatoms. The van der Waals surface area contributed by atoms with Crippen molar-refractivity contribution in [2.75, 3.05) is 25.9 Å². The molecule has 0 unspecified atom stereocenters. The Morgan fingerprint density at radius 3 is 2.75 bits per heavy atom. The van der Waals surface area contributed by atoms with Crippen molar-refractivity contribution < 1.29 is 17.6 Å². The maximum Gasteiger partial charge on any atom is 0.251 e. The first-order valence-corrected chi connectivity index (χ1v) is 7.79. The van der Waals surface area contributed by atoms with Gasteiger partial charge in [-0.2, -0.15) is 4.31 Å². The van der Waals surface area contributed by atoms with Gasteiger partial charge in [0.2, 0.25) is 10.0 Å². The summed E-state index contributed by atoms with van der Waals surface area (Å²) in [5.74, 6) is -0.946. The van der Waals surface area contributed by atoms with E-state index in [1.54, 1.807) is 0 Å². The van der Waals surface area contributed by atoms with Gasteiger partial charge in [-0.1, -0.05) is 12.1 Å². The molecular weight excluding hydrogens is 283 g/mol. The zero-order valence-corrected chi connectivity index (χ0v) is 12.0. The molecule has 0 bridgehead atoms. The Bertz CT molecular complexity index is 587. The molecule has 0 atom stereocenters. The fourth-order valence-corrected chi connectivity index (χ4v) is 2.36. The fourth-order valence-electron chi connectivity index (χ4n) is 1.56. The van der Waals surface area contributed by atoms with Gasteiger partial charge in [0.1, 0.15) is 5.82 Å². The molecule has 110 valence electrons. The second-order valence-electron chi connectivity index (χ2n) is 4.18. The third-order valence-electron chi connectivity index (χ3n) is 2.54. The van der Waals surface area contributed by atoms with E-state index in [4.69, 9.17) is 0 Å². The molecule has 1 aromatic carbocycles. The van der Waals surface area contributed by atoms with Crippen LogP contribution in [0.5, 0.6) is 0 Å². The minimum atomic E-state index is -3.35. The maximum atomic E-state index is 13.0. The summed E-state index contributed by atoms with van der Waals surface area (Å²) in [4.78, 5) is 11.7. The number of nitrogens with one attached hydrogen (secondary N) is 1. The molecule has 0 saturated heterocycles. The number of benzene rings is 1. The largest absolute Gasteiger partial charge is 0.351 e. The lowest BCUT2D eigenvalue weighted by molar-refractivity contribution is 0.0951. The average Bonchev–Trinajstić information content (AvgIpc) is 2.36. The molecule has 0 spiro atoms. The van der Waals surface area contributed by atoms with Crippen LogP contribution in [0.15, 0.2) is 36.9 Å². The Morgan fingerprint density at radius 1 is 1.50 bits per heavy atom. The molecule has 0 aromatic heterocycles. The van der Waals surface area contributed by atoms with Crippen LogP contribution in [0.3, 0.4) is 0 Å². The van der Waals surface area contributed by atoms with Crippen LogP contribution in [-0.4, -0.2) is 44.5 Å². The predicted octanol–water partition coefficient (Wildman–Crippen LogP) is 1.00. The van der Waals surface area contributed by atoms with Crippen LogP contribution in [0, 0.1) is 5.82 Å². The van der Waals surface area contributed by atoms with E-state index < -0.39 is 21.7 Å². The van der Waals surface area contributed by atoms with E-state index in [1.165, 1.54) is 28.6 Å². The number of nitrogens with zero attached hydrogens (tertiary/aromatic N) is 1. The zero-order valence-electron chi connectivity index (χ0n) is 11.2. The van der Waals surface area contributed by atoms with Crippen molar-refractivity contribution >= 4 is 15.9 Å². The molecule has 0 aliphatic rings. The Kier molecular flexibility index (Phi) is 5.84. The molecule has 0 aliphatic heterocycles. The van der Waals surface area contributed by atoms with Crippen LogP contribution in [-0.2, 0) is 10.0 Å². The number of rotatable bonds is 7. The number of carbonyl (C=O) groups excluding carboxylic acids is 1. The molecule has 20 heavy (non-hydrogen) atoms. The summed E-state index contributed by atoms with van der Waals surface area (Å²) >= 11 is 0. The summed E-state index contributed by atoms with van der Waals surface area (Å²) in [6.07, 6.45) is 2.56. The minimum absolute atomic E-state index is 0.131. The summed E-state index contributed by atoms with van der Waals surface area (Å²) in [6.45, 7) is 3.92. The van der Waals surface area contributed by atoms with Crippen LogP contribution < -0.4 is 5.32 Å². The molecule has 0 radical (unpaired) electrons.